The number of carbonyl (C=O) groups excluding carboxylic acids is 1. The zero-order valence-electron chi connectivity index (χ0n) is 15.6. The molecule has 0 bridgehead atoms. The fraction of sp³-hybridized carbons (Fsp3) is 0.136. The van der Waals surface area contributed by atoms with Gasteiger partial charge in [-0.25, -0.2) is 4.98 Å². The largest absolute Gasteiger partial charge is 0.370 e. The molecular weight excluding hydrogens is 350 g/mol. The molecule has 0 aliphatic rings. The van der Waals surface area contributed by atoms with E-state index >= 15 is 0 Å². The number of aromatic nitrogens is 3. The molecule has 0 spiro atoms. The zero-order chi connectivity index (χ0) is 19.3. The van der Waals surface area contributed by atoms with E-state index in [1.165, 1.54) is 10.9 Å². The highest BCUT2D eigenvalue weighted by molar-refractivity contribution is 5.94. The summed E-state index contributed by atoms with van der Waals surface area (Å²) >= 11 is 0. The molecule has 28 heavy (non-hydrogen) atoms. The van der Waals surface area contributed by atoms with E-state index in [0.717, 1.165) is 30.0 Å². The number of benzene rings is 2. The first-order chi connectivity index (χ1) is 13.7. The van der Waals surface area contributed by atoms with E-state index in [1.54, 1.807) is 25.3 Å². The van der Waals surface area contributed by atoms with Gasteiger partial charge in [0.1, 0.15) is 5.82 Å². The molecule has 0 fully saturated rings. The van der Waals surface area contributed by atoms with Crippen molar-refractivity contribution in [3.05, 3.63) is 78.1 Å². The molecule has 140 valence electrons. The van der Waals surface area contributed by atoms with Gasteiger partial charge in [0, 0.05) is 41.1 Å². The Morgan fingerprint density at radius 1 is 1.07 bits per heavy atom. The van der Waals surface area contributed by atoms with Crippen LogP contribution in [0.25, 0.3) is 10.9 Å². The molecule has 0 unspecified atom stereocenters. The van der Waals surface area contributed by atoms with Crippen LogP contribution >= 0.6 is 0 Å². The summed E-state index contributed by atoms with van der Waals surface area (Å²) in [4.78, 5) is 23.4. The van der Waals surface area contributed by atoms with Crippen molar-refractivity contribution in [3.63, 3.8) is 0 Å². The molecular formula is C22H21N5O. The van der Waals surface area contributed by atoms with E-state index in [-0.39, 0.29) is 5.78 Å². The molecule has 0 saturated heterocycles. The summed E-state index contributed by atoms with van der Waals surface area (Å²) in [6.07, 6.45) is 4.67. The number of para-hydroxylation sites is 1. The molecule has 0 radical (unpaired) electrons. The third-order valence-corrected chi connectivity index (χ3v) is 4.58. The topological polar surface area (TPSA) is 82.7 Å². The summed E-state index contributed by atoms with van der Waals surface area (Å²) in [6, 6.07) is 17.4. The number of ketones is 1. The smallest absolute Gasteiger partial charge is 0.229 e. The first kappa shape index (κ1) is 17.7. The summed E-state index contributed by atoms with van der Waals surface area (Å²) in [5.41, 5.74) is 3.95. The van der Waals surface area contributed by atoms with E-state index in [9.17, 15) is 4.79 Å². The minimum absolute atomic E-state index is 0.0456. The third-order valence-electron chi connectivity index (χ3n) is 4.58. The molecule has 0 aliphatic carbocycles. The van der Waals surface area contributed by atoms with Gasteiger partial charge in [0.15, 0.2) is 5.78 Å². The maximum Gasteiger partial charge on any atom is 0.229 e. The molecule has 0 aliphatic heterocycles. The Bertz CT molecular complexity index is 1100. The number of rotatable bonds is 7. The molecule has 0 saturated carbocycles. The maximum atomic E-state index is 11.4. The van der Waals surface area contributed by atoms with Crippen molar-refractivity contribution >= 4 is 34.1 Å². The van der Waals surface area contributed by atoms with Gasteiger partial charge in [0.05, 0.1) is 0 Å². The second-order valence-corrected chi connectivity index (χ2v) is 6.56. The standard InChI is InChI=1S/C22H21N5O/c1-15(28)16-6-8-18(9-7-16)26-22-24-13-11-21(27-22)23-12-10-17-14-25-20-5-3-2-4-19(17)20/h2-9,11,13-14,25H,10,12H2,1H3,(H2,23,24,26,27). The quantitative estimate of drug-likeness (QED) is 0.415. The van der Waals surface area contributed by atoms with E-state index in [0.29, 0.717) is 11.5 Å². The third kappa shape index (κ3) is 4.01. The van der Waals surface area contributed by atoms with Crippen molar-refractivity contribution in [2.45, 2.75) is 13.3 Å². The van der Waals surface area contributed by atoms with E-state index < -0.39 is 0 Å². The normalized spacial score (nSPS) is 10.8. The Morgan fingerprint density at radius 3 is 2.71 bits per heavy atom. The van der Waals surface area contributed by atoms with Crippen molar-refractivity contribution in [1.82, 2.24) is 15.0 Å². The molecule has 0 amide bonds. The van der Waals surface area contributed by atoms with Crippen LogP contribution in [0.2, 0.25) is 0 Å². The first-order valence-corrected chi connectivity index (χ1v) is 9.19. The number of anilines is 3. The zero-order valence-corrected chi connectivity index (χ0v) is 15.6. The Labute approximate surface area is 163 Å². The van der Waals surface area contributed by atoms with E-state index in [4.69, 9.17) is 0 Å². The van der Waals surface area contributed by atoms with Crippen LogP contribution in [0.1, 0.15) is 22.8 Å². The predicted molar refractivity (Wildman–Crippen MR) is 112 cm³/mol. The first-order valence-electron chi connectivity index (χ1n) is 9.19. The summed E-state index contributed by atoms with van der Waals surface area (Å²) in [6.45, 7) is 2.32. The second-order valence-electron chi connectivity index (χ2n) is 6.56. The van der Waals surface area contributed by atoms with Gasteiger partial charge in [0.2, 0.25) is 5.95 Å². The van der Waals surface area contributed by atoms with Crippen LogP contribution in [0.15, 0.2) is 67.0 Å². The lowest BCUT2D eigenvalue weighted by atomic mass is 10.1. The fourth-order valence-corrected chi connectivity index (χ4v) is 3.10. The molecule has 6 heteroatoms. The van der Waals surface area contributed by atoms with Crippen LogP contribution in [-0.4, -0.2) is 27.3 Å². The van der Waals surface area contributed by atoms with Gasteiger partial charge in [-0.1, -0.05) is 18.2 Å². The number of H-pyrrole nitrogens is 1. The molecule has 3 N–H and O–H groups in total. The highest BCUT2D eigenvalue weighted by Crippen LogP contribution is 2.19. The van der Waals surface area contributed by atoms with Crippen molar-refractivity contribution in [2.24, 2.45) is 0 Å². The lowest BCUT2D eigenvalue weighted by Gasteiger charge is -2.08. The Hall–Kier alpha value is -3.67. The number of nitrogens with zero attached hydrogens (tertiary/aromatic N) is 2. The average molecular weight is 371 g/mol. The van der Waals surface area contributed by atoms with Crippen molar-refractivity contribution < 1.29 is 4.79 Å². The van der Waals surface area contributed by atoms with Gasteiger partial charge in [-0.15, -0.1) is 0 Å². The number of fused-ring (bicyclic) bond motifs is 1. The lowest BCUT2D eigenvalue weighted by Crippen LogP contribution is -2.07. The summed E-state index contributed by atoms with van der Waals surface area (Å²) < 4.78 is 0. The van der Waals surface area contributed by atoms with Crippen LogP contribution in [-0.2, 0) is 6.42 Å². The van der Waals surface area contributed by atoms with Crippen LogP contribution < -0.4 is 10.6 Å². The van der Waals surface area contributed by atoms with Crippen molar-refractivity contribution in [2.75, 3.05) is 17.2 Å². The van der Waals surface area contributed by atoms with Gasteiger partial charge >= 0.3 is 0 Å². The summed E-state index contributed by atoms with van der Waals surface area (Å²) in [5, 5.41) is 7.76. The van der Waals surface area contributed by atoms with Crippen LogP contribution in [0, 0.1) is 0 Å². The minimum Gasteiger partial charge on any atom is -0.370 e. The monoisotopic (exact) mass is 371 g/mol. The molecule has 0 atom stereocenters. The number of carbonyl (C=O) groups is 1. The van der Waals surface area contributed by atoms with Crippen molar-refractivity contribution in [1.29, 1.82) is 0 Å². The molecule has 2 aromatic carbocycles. The Balaban J connectivity index is 1.37. The van der Waals surface area contributed by atoms with Gasteiger partial charge in [-0.05, 0) is 55.3 Å². The maximum absolute atomic E-state index is 11.4. The minimum atomic E-state index is 0.0456. The van der Waals surface area contributed by atoms with Crippen LogP contribution in [0.4, 0.5) is 17.5 Å². The Morgan fingerprint density at radius 2 is 1.89 bits per heavy atom. The summed E-state index contributed by atoms with van der Waals surface area (Å²) in [5.74, 6) is 1.31. The van der Waals surface area contributed by atoms with Gasteiger partial charge < -0.3 is 15.6 Å². The van der Waals surface area contributed by atoms with Crippen LogP contribution in [0.5, 0.6) is 0 Å². The lowest BCUT2D eigenvalue weighted by molar-refractivity contribution is 0.101. The molecule has 4 aromatic rings. The highest BCUT2D eigenvalue weighted by Gasteiger charge is 2.04. The second kappa shape index (κ2) is 7.92. The Kier molecular flexibility index (Phi) is 5.01. The molecule has 2 aromatic heterocycles. The van der Waals surface area contributed by atoms with Crippen molar-refractivity contribution in [3.8, 4) is 0 Å². The fourth-order valence-electron chi connectivity index (χ4n) is 3.10. The molecule has 4 rings (SSSR count). The van der Waals surface area contributed by atoms with E-state index in [1.807, 2.05) is 24.3 Å². The average Bonchev–Trinajstić information content (AvgIpc) is 3.12. The number of hydrogen-bond donors (Lipinski definition) is 3. The molecule has 6 nitrogen and oxygen atoms in total. The van der Waals surface area contributed by atoms with Crippen LogP contribution in [0.3, 0.4) is 0 Å². The number of nitrogens with one attached hydrogen (secondary N) is 3. The number of aromatic amines is 1. The van der Waals surface area contributed by atoms with E-state index in [2.05, 4.69) is 50.0 Å². The molecule has 2 heterocycles. The van der Waals surface area contributed by atoms with Gasteiger partial charge in [0.25, 0.3) is 0 Å². The number of Topliss-reactive ketones (excluding diaryl/α,β-unsaturated/α-hetero) is 1. The SMILES string of the molecule is CC(=O)c1ccc(Nc2nccc(NCCc3c[nH]c4ccccc34)n2)cc1. The predicted octanol–water partition coefficient (Wildman–Crippen LogP) is 4.56. The van der Waals surface area contributed by atoms with Gasteiger partial charge in [-0.3, -0.25) is 4.79 Å². The highest BCUT2D eigenvalue weighted by atomic mass is 16.1. The number of hydrogen-bond acceptors (Lipinski definition) is 5. The van der Waals surface area contributed by atoms with Gasteiger partial charge in [-0.2, -0.15) is 4.98 Å². The summed E-state index contributed by atoms with van der Waals surface area (Å²) in [7, 11) is 0.